The highest BCUT2D eigenvalue weighted by Crippen LogP contribution is 2.28. The Morgan fingerprint density at radius 2 is 1.84 bits per heavy atom. The van der Waals surface area contributed by atoms with Crippen molar-refractivity contribution in [1.82, 2.24) is 15.3 Å². The Labute approximate surface area is 179 Å². The maximum absolute atomic E-state index is 13.3. The van der Waals surface area contributed by atoms with Gasteiger partial charge in [0.05, 0.1) is 16.7 Å². The summed E-state index contributed by atoms with van der Waals surface area (Å²) in [5, 5.41) is 10.3. The van der Waals surface area contributed by atoms with Crippen LogP contribution in [-0.4, -0.2) is 68.9 Å². The molecule has 10 nitrogen and oxygen atoms in total. The number of ether oxygens (including phenoxy) is 1. The van der Waals surface area contributed by atoms with Crippen molar-refractivity contribution in [1.29, 1.82) is 0 Å². The molecule has 2 aliphatic heterocycles. The van der Waals surface area contributed by atoms with E-state index in [-0.39, 0.29) is 23.1 Å². The molecule has 2 N–H and O–H groups in total. The summed E-state index contributed by atoms with van der Waals surface area (Å²) in [6.45, 7) is 7.17. The lowest BCUT2D eigenvalue weighted by molar-refractivity contribution is -0.165. The number of nitrogens with zero attached hydrogens (tertiary/aromatic N) is 2. The van der Waals surface area contributed by atoms with E-state index >= 15 is 0 Å². The van der Waals surface area contributed by atoms with Crippen LogP contribution in [0.3, 0.4) is 0 Å². The summed E-state index contributed by atoms with van der Waals surface area (Å²) >= 11 is 0. The first-order valence-electron chi connectivity index (χ1n) is 10.0. The predicted octanol–water partition coefficient (Wildman–Crippen LogP) is 1.21. The van der Waals surface area contributed by atoms with Crippen LogP contribution >= 0.6 is 0 Å². The zero-order valence-corrected chi connectivity index (χ0v) is 17.8. The van der Waals surface area contributed by atoms with E-state index in [4.69, 9.17) is 9.84 Å². The number of esters is 1. The van der Waals surface area contributed by atoms with Crippen LogP contribution < -0.4 is 5.43 Å². The van der Waals surface area contributed by atoms with Gasteiger partial charge in [-0.1, -0.05) is 6.92 Å². The first-order chi connectivity index (χ1) is 14.5. The van der Waals surface area contributed by atoms with Crippen molar-refractivity contribution in [2.24, 2.45) is 0 Å². The predicted molar refractivity (Wildman–Crippen MR) is 107 cm³/mol. The molecule has 1 saturated heterocycles. The van der Waals surface area contributed by atoms with Gasteiger partial charge in [-0.05, 0) is 51.8 Å². The molecule has 0 radical (unpaired) electrons. The number of fused-ring (bicyclic) bond motifs is 1. The van der Waals surface area contributed by atoms with Gasteiger partial charge >= 0.3 is 11.9 Å². The number of hydrazine groups is 1. The van der Waals surface area contributed by atoms with Gasteiger partial charge in [0, 0.05) is 6.54 Å². The molecule has 2 unspecified atom stereocenters. The standard InChI is InChI=1S/C21H25N3O7/c1-5-14(18(27)24-15(8-9-22-24)20(30)31-21(2,3)4)23-16(25)12-7-6-11(19(28)29)10-13(12)17(23)26/h6-7,10,14-15,22H,5,8-9H2,1-4H3,(H,28,29). The van der Waals surface area contributed by atoms with Crippen molar-refractivity contribution in [3.8, 4) is 0 Å². The van der Waals surface area contributed by atoms with Crippen LogP contribution in [0.4, 0.5) is 0 Å². The van der Waals surface area contributed by atoms with Crippen LogP contribution in [0.15, 0.2) is 18.2 Å². The number of benzene rings is 1. The molecular formula is C21H25N3O7. The van der Waals surface area contributed by atoms with Crippen molar-refractivity contribution in [3.63, 3.8) is 0 Å². The van der Waals surface area contributed by atoms with Gasteiger partial charge in [-0.2, -0.15) is 0 Å². The van der Waals surface area contributed by atoms with Crippen molar-refractivity contribution in [2.45, 2.75) is 58.2 Å². The van der Waals surface area contributed by atoms with E-state index in [1.54, 1.807) is 27.7 Å². The van der Waals surface area contributed by atoms with E-state index < -0.39 is 47.3 Å². The number of carbonyl (C=O) groups excluding carboxylic acids is 4. The Bertz CT molecular complexity index is 966. The maximum Gasteiger partial charge on any atom is 0.335 e. The molecule has 2 aliphatic rings. The third kappa shape index (κ3) is 4.15. The molecule has 3 rings (SSSR count). The fourth-order valence-electron chi connectivity index (χ4n) is 3.69. The molecule has 1 aromatic rings. The van der Waals surface area contributed by atoms with E-state index in [1.807, 2.05) is 0 Å². The second-order valence-corrected chi connectivity index (χ2v) is 8.42. The van der Waals surface area contributed by atoms with Gasteiger partial charge in [-0.25, -0.2) is 15.0 Å². The number of imide groups is 1. The van der Waals surface area contributed by atoms with Gasteiger partial charge < -0.3 is 9.84 Å². The van der Waals surface area contributed by atoms with E-state index in [0.717, 1.165) is 16.0 Å². The quantitative estimate of drug-likeness (QED) is 0.525. The van der Waals surface area contributed by atoms with Gasteiger partial charge in [-0.3, -0.25) is 24.3 Å². The second kappa shape index (κ2) is 8.10. The van der Waals surface area contributed by atoms with Crippen molar-refractivity contribution >= 4 is 29.7 Å². The average Bonchev–Trinajstić information content (AvgIpc) is 3.26. The molecule has 2 atom stereocenters. The van der Waals surface area contributed by atoms with Crippen LogP contribution in [0.5, 0.6) is 0 Å². The summed E-state index contributed by atoms with van der Waals surface area (Å²) in [6.07, 6.45) is 0.455. The van der Waals surface area contributed by atoms with E-state index in [1.165, 1.54) is 12.1 Å². The Hall–Kier alpha value is -3.27. The average molecular weight is 431 g/mol. The number of carboxylic acid groups (broad SMARTS) is 1. The summed E-state index contributed by atoms with van der Waals surface area (Å²) in [5.41, 5.74) is 1.96. The van der Waals surface area contributed by atoms with Crippen LogP contribution in [0.1, 0.15) is 71.6 Å². The molecule has 0 aliphatic carbocycles. The molecule has 2 heterocycles. The molecule has 0 bridgehead atoms. The number of carbonyl (C=O) groups is 5. The highest BCUT2D eigenvalue weighted by atomic mass is 16.6. The largest absolute Gasteiger partial charge is 0.478 e. The Balaban J connectivity index is 1.87. The van der Waals surface area contributed by atoms with Gasteiger partial charge in [0.15, 0.2) is 0 Å². The SMILES string of the molecule is CCC(C(=O)N1NCCC1C(=O)OC(C)(C)C)N1C(=O)c2ccc(C(=O)O)cc2C1=O. The van der Waals surface area contributed by atoms with Crippen LogP contribution in [-0.2, 0) is 14.3 Å². The first-order valence-corrected chi connectivity index (χ1v) is 10.0. The number of nitrogens with one attached hydrogen (secondary N) is 1. The van der Waals surface area contributed by atoms with E-state index in [0.29, 0.717) is 13.0 Å². The smallest absolute Gasteiger partial charge is 0.335 e. The second-order valence-electron chi connectivity index (χ2n) is 8.42. The third-order valence-corrected chi connectivity index (χ3v) is 5.08. The first kappa shape index (κ1) is 22.4. The lowest BCUT2D eigenvalue weighted by Gasteiger charge is -2.32. The molecule has 3 amide bonds. The molecule has 1 aromatic carbocycles. The van der Waals surface area contributed by atoms with Crippen LogP contribution in [0.2, 0.25) is 0 Å². The molecule has 0 spiro atoms. The fourth-order valence-corrected chi connectivity index (χ4v) is 3.69. The van der Waals surface area contributed by atoms with Crippen molar-refractivity contribution < 1.29 is 33.8 Å². The minimum Gasteiger partial charge on any atom is -0.478 e. The summed E-state index contributed by atoms with van der Waals surface area (Å²) in [7, 11) is 0. The molecule has 0 aromatic heterocycles. The molecule has 0 saturated carbocycles. The molecule has 31 heavy (non-hydrogen) atoms. The van der Waals surface area contributed by atoms with Gasteiger partial charge in [0.1, 0.15) is 17.7 Å². The molecule has 1 fully saturated rings. The summed E-state index contributed by atoms with van der Waals surface area (Å²) < 4.78 is 5.39. The lowest BCUT2D eigenvalue weighted by atomic mass is 10.1. The zero-order valence-electron chi connectivity index (χ0n) is 17.8. The highest BCUT2D eigenvalue weighted by Gasteiger charge is 2.46. The highest BCUT2D eigenvalue weighted by molar-refractivity contribution is 6.23. The van der Waals surface area contributed by atoms with Gasteiger partial charge in [-0.15, -0.1) is 0 Å². The number of hydrogen-bond acceptors (Lipinski definition) is 7. The van der Waals surface area contributed by atoms with Crippen molar-refractivity contribution in [2.75, 3.05) is 6.54 Å². The van der Waals surface area contributed by atoms with E-state index in [2.05, 4.69) is 5.43 Å². The number of hydrogen-bond donors (Lipinski definition) is 2. The minimum absolute atomic E-state index is 0.0410. The van der Waals surface area contributed by atoms with Gasteiger partial charge in [0.2, 0.25) is 0 Å². The Morgan fingerprint density at radius 3 is 2.42 bits per heavy atom. The Kier molecular flexibility index (Phi) is 5.86. The Morgan fingerprint density at radius 1 is 1.19 bits per heavy atom. The monoisotopic (exact) mass is 431 g/mol. The molecule has 166 valence electrons. The number of carboxylic acids is 1. The maximum atomic E-state index is 13.3. The topological polar surface area (TPSA) is 133 Å². The van der Waals surface area contributed by atoms with E-state index in [9.17, 15) is 24.0 Å². The fraction of sp³-hybridized carbons (Fsp3) is 0.476. The number of amides is 3. The number of rotatable bonds is 5. The third-order valence-electron chi connectivity index (χ3n) is 5.08. The summed E-state index contributed by atoms with van der Waals surface area (Å²) in [5.74, 6) is -3.83. The zero-order chi connectivity index (χ0) is 23.1. The van der Waals surface area contributed by atoms with Crippen LogP contribution in [0, 0.1) is 0 Å². The van der Waals surface area contributed by atoms with Gasteiger partial charge in [0.25, 0.3) is 17.7 Å². The molecule has 10 heteroatoms. The molecular weight excluding hydrogens is 406 g/mol. The lowest BCUT2D eigenvalue weighted by Crippen LogP contribution is -2.56. The van der Waals surface area contributed by atoms with Crippen molar-refractivity contribution in [3.05, 3.63) is 34.9 Å². The summed E-state index contributed by atoms with van der Waals surface area (Å²) in [4.78, 5) is 63.7. The number of aromatic carboxylic acids is 1. The normalized spacial score (nSPS) is 19.4. The van der Waals surface area contributed by atoms with Crippen LogP contribution in [0.25, 0.3) is 0 Å². The minimum atomic E-state index is -1.23. The summed E-state index contributed by atoms with van der Waals surface area (Å²) in [6, 6.07) is 1.60.